The Labute approximate surface area is 217 Å². The van der Waals surface area contributed by atoms with Crippen LogP contribution in [0.4, 0.5) is 5.69 Å². The molecule has 37 heavy (non-hydrogen) atoms. The Bertz CT molecular complexity index is 1120. The van der Waals surface area contributed by atoms with Crippen molar-refractivity contribution in [1.82, 2.24) is 9.96 Å². The maximum absolute atomic E-state index is 12.7. The minimum Gasteiger partial charge on any atom is -0.326 e. The Morgan fingerprint density at radius 2 is 1.62 bits per heavy atom. The number of carbonyl (C=O) groups excluding carboxylic acids is 4. The van der Waals surface area contributed by atoms with E-state index in [0.29, 0.717) is 11.5 Å². The molecule has 4 rings (SSSR count). The quantitative estimate of drug-likeness (QED) is 0.383. The van der Waals surface area contributed by atoms with Gasteiger partial charge in [-0.25, -0.2) is 4.79 Å². The van der Waals surface area contributed by atoms with E-state index in [0.717, 1.165) is 50.1 Å². The van der Waals surface area contributed by atoms with Gasteiger partial charge in [-0.2, -0.15) is 0 Å². The van der Waals surface area contributed by atoms with Gasteiger partial charge >= 0.3 is 5.97 Å². The summed E-state index contributed by atoms with van der Waals surface area (Å²) in [5, 5.41) is 0.541. The Kier molecular flexibility index (Phi) is 8.85. The molecule has 8 nitrogen and oxygen atoms in total. The molecule has 0 N–H and O–H groups in total. The molecular formula is C29H33N3O5. The van der Waals surface area contributed by atoms with Crippen molar-refractivity contribution < 1.29 is 24.0 Å². The van der Waals surface area contributed by atoms with Gasteiger partial charge in [0.25, 0.3) is 11.8 Å². The summed E-state index contributed by atoms with van der Waals surface area (Å²) in [6.45, 7) is 4.77. The number of piperidine rings is 1. The van der Waals surface area contributed by atoms with E-state index in [1.165, 1.54) is 11.6 Å². The summed E-state index contributed by atoms with van der Waals surface area (Å²) in [5.41, 5.74) is 3.00. The number of para-hydroxylation sites is 1. The van der Waals surface area contributed by atoms with Crippen molar-refractivity contribution in [2.24, 2.45) is 0 Å². The summed E-state index contributed by atoms with van der Waals surface area (Å²) in [4.78, 5) is 56.9. The van der Waals surface area contributed by atoms with Gasteiger partial charge in [0, 0.05) is 56.7 Å². The third-order valence-electron chi connectivity index (χ3n) is 6.82. The molecule has 0 atom stereocenters. The molecule has 2 aromatic carbocycles. The first kappa shape index (κ1) is 26.3. The molecule has 2 aliphatic rings. The maximum Gasteiger partial charge on any atom is 0.356 e. The van der Waals surface area contributed by atoms with Crippen LogP contribution in [0.1, 0.15) is 50.2 Å². The summed E-state index contributed by atoms with van der Waals surface area (Å²) in [7, 11) is 0. The van der Waals surface area contributed by atoms with Gasteiger partial charge in [-0.15, -0.1) is 5.06 Å². The first-order valence-corrected chi connectivity index (χ1v) is 12.9. The second-order valence-corrected chi connectivity index (χ2v) is 9.34. The second-order valence-electron chi connectivity index (χ2n) is 9.34. The maximum atomic E-state index is 12.7. The zero-order valence-electron chi connectivity index (χ0n) is 21.2. The minimum absolute atomic E-state index is 0.0694. The first-order chi connectivity index (χ1) is 17.9. The van der Waals surface area contributed by atoms with Crippen molar-refractivity contribution in [3.63, 3.8) is 0 Å². The number of likely N-dealkylation sites (tertiary alicyclic amines) is 1. The van der Waals surface area contributed by atoms with Gasteiger partial charge in [0.05, 0.1) is 0 Å². The summed E-state index contributed by atoms with van der Waals surface area (Å²) in [6, 6.07) is 18.1. The van der Waals surface area contributed by atoms with Gasteiger partial charge in [0.1, 0.15) is 0 Å². The molecule has 0 aromatic heterocycles. The van der Waals surface area contributed by atoms with Crippen LogP contribution in [0, 0.1) is 0 Å². The average molecular weight is 504 g/mol. The predicted molar refractivity (Wildman–Crippen MR) is 140 cm³/mol. The van der Waals surface area contributed by atoms with Crippen LogP contribution < -0.4 is 4.90 Å². The average Bonchev–Trinajstić information content (AvgIpc) is 3.24. The number of carbonyl (C=O) groups is 4. The smallest absolute Gasteiger partial charge is 0.326 e. The van der Waals surface area contributed by atoms with Crippen LogP contribution in [0.5, 0.6) is 0 Å². The molecule has 0 spiro atoms. The van der Waals surface area contributed by atoms with E-state index in [-0.39, 0.29) is 24.8 Å². The lowest BCUT2D eigenvalue weighted by Gasteiger charge is -2.38. The zero-order valence-corrected chi connectivity index (χ0v) is 21.2. The van der Waals surface area contributed by atoms with Crippen LogP contribution in [-0.2, 0) is 30.4 Å². The second kappa shape index (κ2) is 12.5. The summed E-state index contributed by atoms with van der Waals surface area (Å²) >= 11 is 0. The molecule has 0 unspecified atom stereocenters. The number of anilines is 1. The SMILES string of the molecule is CCC(=O)N(c1ccccc1)C1CCN(CCc2ccc(/C=C/C(=O)ON3C(=O)CCC3=O)cc2)CC1. The van der Waals surface area contributed by atoms with Gasteiger partial charge < -0.3 is 14.6 Å². The molecule has 0 saturated carbocycles. The normalized spacial score (nSPS) is 16.9. The number of nitrogens with zero attached hydrogens (tertiary/aromatic N) is 3. The van der Waals surface area contributed by atoms with Gasteiger partial charge in [0.2, 0.25) is 5.91 Å². The fourth-order valence-corrected chi connectivity index (χ4v) is 4.74. The Hall–Kier alpha value is -3.78. The van der Waals surface area contributed by atoms with Gasteiger partial charge in [-0.3, -0.25) is 14.4 Å². The van der Waals surface area contributed by atoms with Gasteiger partial charge in [-0.05, 0) is 48.6 Å². The van der Waals surface area contributed by atoms with E-state index in [1.807, 2.05) is 66.4 Å². The van der Waals surface area contributed by atoms with E-state index >= 15 is 0 Å². The van der Waals surface area contributed by atoms with Gasteiger partial charge in [-0.1, -0.05) is 49.4 Å². The van der Waals surface area contributed by atoms with E-state index < -0.39 is 17.8 Å². The van der Waals surface area contributed by atoms with Crippen molar-refractivity contribution >= 4 is 35.5 Å². The highest BCUT2D eigenvalue weighted by molar-refractivity contribution is 6.02. The highest BCUT2D eigenvalue weighted by Gasteiger charge is 2.32. The number of benzene rings is 2. The lowest BCUT2D eigenvalue weighted by molar-refractivity contribution is -0.193. The molecule has 8 heteroatoms. The molecule has 2 aromatic rings. The van der Waals surface area contributed by atoms with Gasteiger partial charge in [0.15, 0.2) is 0 Å². The predicted octanol–water partition coefficient (Wildman–Crippen LogP) is 3.76. The summed E-state index contributed by atoms with van der Waals surface area (Å²) in [5.74, 6) is -1.58. The molecule has 0 bridgehead atoms. The van der Waals surface area contributed by atoms with Crippen LogP contribution in [0.3, 0.4) is 0 Å². The molecule has 0 aliphatic carbocycles. The van der Waals surface area contributed by atoms with Crippen molar-refractivity contribution in [2.45, 2.75) is 51.5 Å². The van der Waals surface area contributed by atoms with Crippen molar-refractivity contribution in [1.29, 1.82) is 0 Å². The number of rotatable bonds is 9. The minimum atomic E-state index is -0.762. The Morgan fingerprint density at radius 1 is 0.973 bits per heavy atom. The standard InChI is InChI=1S/C29H33N3O5/c1-2-26(33)31(24-6-4-3-5-7-24)25-17-20-30(21-18-25)19-16-23-10-8-22(9-11-23)12-15-29(36)37-32-27(34)13-14-28(32)35/h3-12,15,25H,2,13-14,16-21H2,1H3/b15-12+. The summed E-state index contributed by atoms with van der Waals surface area (Å²) < 4.78 is 0. The Morgan fingerprint density at radius 3 is 2.24 bits per heavy atom. The van der Waals surface area contributed by atoms with Crippen LogP contribution in [0.2, 0.25) is 0 Å². The summed E-state index contributed by atoms with van der Waals surface area (Å²) in [6.07, 6.45) is 6.26. The number of imide groups is 1. The first-order valence-electron chi connectivity index (χ1n) is 12.9. The van der Waals surface area contributed by atoms with Crippen LogP contribution in [0.15, 0.2) is 60.7 Å². The van der Waals surface area contributed by atoms with E-state index in [1.54, 1.807) is 6.08 Å². The lowest BCUT2D eigenvalue weighted by atomic mass is 10.0. The van der Waals surface area contributed by atoms with E-state index in [4.69, 9.17) is 4.84 Å². The molecule has 3 amide bonds. The zero-order chi connectivity index (χ0) is 26.2. The third-order valence-corrected chi connectivity index (χ3v) is 6.82. The van der Waals surface area contributed by atoms with Crippen LogP contribution >= 0.6 is 0 Å². The molecule has 2 saturated heterocycles. The Balaban J connectivity index is 1.23. The van der Waals surface area contributed by atoms with Crippen molar-refractivity contribution in [3.05, 3.63) is 71.8 Å². The van der Waals surface area contributed by atoms with Crippen LogP contribution in [0.25, 0.3) is 6.08 Å². The molecule has 2 heterocycles. The molecule has 0 radical (unpaired) electrons. The van der Waals surface area contributed by atoms with E-state index in [9.17, 15) is 19.2 Å². The fourth-order valence-electron chi connectivity index (χ4n) is 4.74. The largest absolute Gasteiger partial charge is 0.356 e. The monoisotopic (exact) mass is 503 g/mol. The van der Waals surface area contributed by atoms with Crippen LogP contribution in [-0.4, -0.2) is 59.3 Å². The topological polar surface area (TPSA) is 87.2 Å². The molecule has 2 fully saturated rings. The number of hydrogen-bond acceptors (Lipinski definition) is 6. The number of hydroxylamine groups is 2. The highest BCUT2D eigenvalue weighted by Crippen LogP contribution is 2.25. The van der Waals surface area contributed by atoms with Crippen molar-refractivity contribution in [3.8, 4) is 0 Å². The molecule has 194 valence electrons. The lowest BCUT2D eigenvalue weighted by Crippen LogP contribution is -2.47. The highest BCUT2D eigenvalue weighted by atomic mass is 16.7. The van der Waals surface area contributed by atoms with Crippen molar-refractivity contribution in [2.75, 3.05) is 24.5 Å². The van der Waals surface area contributed by atoms with E-state index in [2.05, 4.69) is 4.90 Å². The molecule has 2 aliphatic heterocycles. The fraction of sp³-hybridized carbons (Fsp3) is 0.379. The number of hydrogen-bond donors (Lipinski definition) is 0. The number of amides is 3. The molecular weight excluding hydrogens is 470 g/mol. The third kappa shape index (κ3) is 6.92.